The van der Waals surface area contributed by atoms with Gasteiger partial charge in [0.1, 0.15) is 19.6 Å². The van der Waals surface area contributed by atoms with E-state index < -0.39 is 0 Å². The zero-order chi connectivity index (χ0) is 24.5. The molecular formula is C28H50Br2N2. The Kier molecular flexibility index (Phi) is 11.0. The second-order valence-corrected chi connectivity index (χ2v) is 14.1. The van der Waals surface area contributed by atoms with Crippen molar-refractivity contribution in [1.82, 2.24) is 0 Å². The molecule has 0 bridgehead atoms. The second-order valence-electron chi connectivity index (χ2n) is 13.5. The largest absolute Gasteiger partial charge is 1.00 e. The average Bonchev–Trinajstić information content (AvgIpc) is 2.71. The lowest BCUT2D eigenvalue weighted by atomic mass is 9.80. The first kappa shape index (κ1) is 31.8. The van der Waals surface area contributed by atoms with Gasteiger partial charge in [0.25, 0.3) is 0 Å². The zero-order valence-electron chi connectivity index (χ0n) is 22.9. The van der Waals surface area contributed by atoms with Crippen molar-refractivity contribution in [1.29, 1.82) is 0 Å². The molecular weight excluding hydrogens is 524 g/mol. The van der Waals surface area contributed by atoms with Gasteiger partial charge in [-0.1, -0.05) is 117 Å². The van der Waals surface area contributed by atoms with Crippen LogP contribution in [0.2, 0.25) is 0 Å². The highest BCUT2D eigenvalue weighted by Crippen LogP contribution is 2.37. The molecule has 0 aromatic heterocycles. The number of nitrogens with two attached hydrogens (primary N) is 1. The fourth-order valence-corrected chi connectivity index (χ4v) is 4.60. The smallest absolute Gasteiger partial charge is 0.119 e. The Bertz CT molecular complexity index is 757. The van der Waals surface area contributed by atoms with Gasteiger partial charge in [0, 0.05) is 5.33 Å². The lowest BCUT2D eigenvalue weighted by Gasteiger charge is -2.35. The van der Waals surface area contributed by atoms with E-state index in [0.29, 0.717) is 4.59 Å². The summed E-state index contributed by atoms with van der Waals surface area (Å²) >= 11 is 3.71. The molecule has 0 saturated carbocycles. The minimum absolute atomic E-state index is 0. The maximum atomic E-state index is 7.07. The van der Waals surface area contributed by atoms with Crippen LogP contribution in [0.4, 0.5) is 0 Å². The Balaban J connectivity index is 0.00000961. The van der Waals surface area contributed by atoms with Crippen molar-refractivity contribution in [3.8, 4) is 0 Å². The number of nitrogens with zero attached hydrogens (tertiary/aromatic N) is 1. The first-order chi connectivity index (χ1) is 13.7. The van der Waals surface area contributed by atoms with Gasteiger partial charge < -0.3 is 17.0 Å². The van der Waals surface area contributed by atoms with E-state index in [0.717, 1.165) is 25.0 Å². The number of allylic oxidation sites excluding steroid dienone is 5. The minimum Gasteiger partial charge on any atom is -1.00 e. The van der Waals surface area contributed by atoms with Crippen LogP contribution in [0.25, 0.3) is 0 Å². The van der Waals surface area contributed by atoms with E-state index >= 15 is 0 Å². The van der Waals surface area contributed by atoms with Gasteiger partial charge in [0.2, 0.25) is 0 Å². The van der Waals surface area contributed by atoms with Crippen molar-refractivity contribution >= 4 is 15.9 Å². The summed E-state index contributed by atoms with van der Waals surface area (Å²) in [4.78, 5) is 0. The highest BCUT2D eigenvalue weighted by atomic mass is 79.9. The van der Waals surface area contributed by atoms with Gasteiger partial charge in [-0.3, -0.25) is 0 Å². The van der Waals surface area contributed by atoms with Crippen LogP contribution in [0, 0.1) is 21.7 Å². The van der Waals surface area contributed by atoms with Gasteiger partial charge in [-0.15, -0.1) is 0 Å². The lowest BCUT2D eigenvalue weighted by molar-refractivity contribution is -0.925. The molecule has 1 rings (SSSR count). The highest BCUT2D eigenvalue weighted by molar-refractivity contribution is 9.09. The zero-order valence-corrected chi connectivity index (χ0v) is 26.1. The molecule has 0 spiro atoms. The molecule has 2 N–H and O–H groups in total. The number of hydrogen-bond acceptors (Lipinski definition) is 1. The fraction of sp³-hybridized carbons (Fsp3) is 0.714. The minimum atomic E-state index is 0. The number of rotatable bonds is 4. The summed E-state index contributed by atoms with van der Waals surface area (Å²) in [6, 6.07) is 0. The molecule has 1 unspecified atom stereocenters. The summed E-state index contributed by atoms with van der Waals surface area (Å²) in [5, 5.41) is 0.890. The lowest BCUT2D eigenvalue weighted by Crippen LogP contribution is -3.00. The molecule has 1 aliphatic heterocycles. The molecule has 0 fully saturated rings. The number of hydrogen-bond donors (Lipinski definition) is 1. The van der Waals surface area contributed by atoms with Crippen molar-refractivity contribution in [2.24, 2.45) is 27.5 Å². The Hall–Kier alpha value is -0.160. The van der Waals surface area contributed by atoms with Crippen molar-refractivity contribution in [3.63, 3.8) is 0 Å². The van der Waals surface area contributed by atoms with Crippen LogP contribution < -0.4 is 22.8 Å². The monoisotopic (exact) mass is 572 g/mol. The maximum Gasteiger partial charge on any atom is 0.119 e. The van der Waals surface area contributed by atoms with Crippen molar-refractivity contribution in [2.75, 3.05) is 25.0 Å². The summed E-state index contributed by atoms with van der Waals surface area (Å²) in [7, 11) is 0. The SMILES string of the molecule is CC(C)(C)C1=CC[N+](N)(C/C=C(\C=C(/CBr)C(C)(C)C)C(C)(C)C)CC(C(C)(C)C)=C1.[Br-]. The molecule has 1 heterocycles. The predicted molar refractivity (Wildman–Crippen MR) is 143 cm³/mol. The second kappa shape index (κ2) is 11.1. The van der Waals surface area contributed by atoms with Crippen LogP contribution in [-0.2, 0) is 0 Å². The maximum absolute atomic E-state index is 7.07. The van der Waals surface area contributed by atoms with Gasteiger partial charge in [0.15, 0.2) is 0 Å². The first-order valence-corrected chi connectivity index (χ1v) is 12.9. The number of halogens is 2. The van der Waals surface area contributed by atoms with E-state index in [1.54, 1.807) is 0 Å². The first-order valence-electron chi connectivity index (χ1n) is 11.7. The summed E-state index contributed by atoms with van der Waals surface area (Å²) in [6.45, 7) is 30.1. The van der Waals surface area contributed by atoms with Crippen LogP contribution >= 0.6 is 15.9 Å². The van der Waals surface area contributed by atoms with Gasteiger partial charge in [-0.05, 0) is 50.5 Å². The van der Waals surface area contributed by atoms with Crippen LogP contribution in [0.15, 0.2) is 46.6 Å². The molecule has 0 radical (unpaired) electrons. The van der Waals surface area contributed by atoms with Crippen molar-refractivity contribution in [2.45, 2.75) is 83.1 Å². The quantitative estimate of drug-likeness (QED) is 0.218. The van der Waals surface area contributed by atoms with E-state index in [2.05, 4.69) is 123 Å². The topological polar surface area (TPSA) is 26.0 Å². The molecule has 0 aromatic rings. The fourth-order valence-electron chi connectivity index (χ4n) is 3.60. The molecule has 0 amide bonds. The summed E-state index contributed by atoms with van der Waals surface area (Å²) in [5.74, 6) is 7.07. The van der Waals surface area contributed by atoms with E-state index in [1.165, 1.54) is 22.3 Å². The standard InChI is InChI=1S/C28H50BrN2.BrH/c1-25(2,3)21(17-23(19-29)27(7,8)9)13-15-31(30)16-14-22(26(4,5)6)18-24(20-31)28(10,11)12;/h13-14,17-18H,15-16,19-20,30H2,1-12H3;1H/q+1;/p-1/b21-13+,23-17+;. The molecule has 2 nitrogen and oxygen atoms in total. The van der Waals surface area contributed by atoms with Gasteiger partial charge in [-0.25, -0.2) is 4.59 Å². The van der Waals surface area contributed by atoms with E-state index in [1.807, 2.05) is 0 Å². The molecule has 186 valence electrons. The van der Waals surface area contributed by atoms with Crippen LogP contribution in [0.5, 0.6) is 0 Å². The number of quaternary nitrogens is 1. The Labute approximate surface area is 218 Å². The highest BCUT2D eigenvalue weighted by Gasteiger charge is 2.33. The van der Waals surface area contributed by atoms with Gasteiger partial charge >= 0.3 is 0 Å². The summed E-state index contributed by atoms with van der Waals surface area (Å²) in [5.41, 5.74) is 6.05. The number of alkyl halides is 1. The van der Waals surface area contributed by atoms with E-state index in [9.17, 15) is 0 Å². The third-order valence-electron chi connectivity index (χ3n) is 6.30. The normalized spacial score (nSPS) is 22.1. The Morgan fingerprint density at radius 1 is 0.938 bits per heavy atom. The van der Waals surface area contributed by atoms with E-state index in [-0.39, 0.29) is 38.6 Å². The van der Waals surface area contributed by atoms with E-state index in [4.69, 9.17) is 5.84 Å². The molecule has 1 atom stereocenters. The third-order valence-corrected chi connectivity index (χ3v) is 6.90. The molecule has 0 saturated heterocycles. The van der Waals surface area contributed by atoms with Crippen LogP contribution in [0.1, 0.15) is 83.1 Å². The van der Waals surface area contributed by atoms with Gasteiger partial charge in [-0.2, -0.15) is 5.84 Å². The average molecular weight is 575 g/mol. The van der Waals surface area contributed by atoms with Crippen LogP contribution in [-0.4, -0.2) is 29.6 Å². The molecule has 1 aliphatic rings. The Morgan fingerprint density at radius 3 is 1.84 bits per heavy atom. The van der Waals surface area contributed by atoms with Gasteiger partial charge in [0.05, 0.1) is 0 Å². The summed E-state index contributed by atoms with van der Waals surface area (Å²) in [6.07, 6.45) is 9.59. The molecule has 32 heavy (non-hydrogen) atoms. The Morgan fingerprint density at radius 2 is 1.47 bits per heavy atom. The predicted octanol–water partition coefficient (Wildman–Crippen LogP) is 4.98. The molecule has 0 aliphatic carbocycles. The molecule has 4 heteroatoms. The third kappa shape index (κ3) is 9.60. The van der Waals surface area contributed by atoms with Crippen molar-refractivity contribution in [3.05, 3.63) is 46.6 Å². The van der Waals surface area contributed by atoms with Crippen molar-refractivity contribution < 1.29 is 21.6 Å². The van der Waals surface area contributed by atoms with Crippen LogP contribution in [0.3, 0.4) is 0 Å². The summed E-state index contributed by atoms with van der Waals surface area (Å²) < 4.78 is 0.523. The molecule has 0 aromatic carbocycles.